The lowest BCUT2D eigenvalue weighted by Crippen LogP contribution is -2.45. The van der Waals surface area contributed by atoms with Gasteiger partial charge in [-0.3, -0.25) is 4.79 Å². The number of carbonyl (C=O) groups is 1. The highest BCUT2D eigenvalue weighted by atomic mass is 16.1. The van der Waals surface area contributed by atoms with Crippen LogP contribution in [0.3, 0.4) is 0 Å². The summed E-state index contributed by atoms with van der Waals surface area (Å²) in [6.45, 7) is 6.62. The van der Waals surface area contributed by atoms with Crippen LogP contribution in [0.5, 0.6) is 0 Å². The summed E-state index contributed by atoms with van der Waals surface area (Å²) in [4.78, 5) is 24.9. The number of Topliss-reactive ketones (excluding diaryl/α,β-unsaturated/α-hetero) is 1. The van der Waals surface area contributed by atoms with Crippen LogP contribution in [0.1, 0.15) is 62.5 Å². The molecule has 0 spiro atoms. The molecule has 1 aliphatic heterocycles. The summed E-state index contributed by atoms with van der Waals surface area (Å²) in [6, 6.07) is 10.8. The van der Waals surface area contributed by atoms with E-state index in [1.165, 1.54) is 6.42 Å². The number of benzene rings is 1. The summed E-state index contributed by atoms with van der Waals surface area (Å²) in [5.41, 5.74) is 2.51. The lowest BCUT2D eigenvalue weighted by Gasteiger charge is -2.39. The lowest BCUT2D eigenvalue weighted by molar-refractivity contribution is 0.0952. The number of nitrogens with one attached hydrogen (secondary N) is 1. The Kier molecular flexibility index (Phi) is 4.85. The zero-order valence-corrected chi connectivity index (χ0v) is 16.4. The second kappa shape index (κ2) is 7.29. The van der Waals surface area contributed by atoms with Gasteiger partial charge in [0.05, 0.1) is 11.3 Å². The molecule has 2 aliphatic rings. The van der Waals surface area contributed by atoms with E-state index in [0.717, 1.165) is 36.6 Å². The summed E-state index contributed by atoms with van der Waals surface area (Å²) in [5, 5.41) is 3.39. The first-order valence-corrected chi connectivity index (χ1v) is 10.1. The van der Waals surface area contributed by atoms with Gasteiger partial charge in [-0.2, -0.15) is 4.98 Å². The first-order valence-electron chi connectivity index (χ1n) is 10.1. The molecular weight excluding hydrogens is 336 g/mol. The second-order valence-corrected chi connectivity index (χ2v) is 8.16. The molecule has 2 heterocycles. The first kappa shape index (κ1) is 18.0. The van der Waals surface area contributed by atoms with Gasteiger partial charge in [0.1, 0.15) is 5.82 Å². The average molecular weight is 364 g/mol. The molecule has 4 rings (SSSR count). The van der Waals surface area contributed by atoms with E-state index >= 15 is 0 Å². The van der Waals surface area contributed by atoms with E-state index in [9.17, 15) is 4.79 Å². The molecule has 1 aromatic carbocycles. The highest BCUT2D eigenvalue weighted by Gasteiger charge is 2.32. The van der Waals surface area contributed by atoms with Gasteiger partial charge in [0.15, 0.2) is 5.78 Å². The molecule has 0 saturated carbocycles. The van der Waals surface area contributed by atoms with E-state index < -0.39 is 0 Å². The van der Waals surface area contributed by atoms with Crippen molar-refractivity contribution in [3.05, 3.63) is 41.6 Å². The minimum absolute atomic E-state index is 0.147. The fourth-order valence-electron chi connectivity index (χ4n) is 4.44. The van der Waals surface area contributed by atoms with Gasteiger partial charge in [-0.25, -0.2) is 4.98 Å². The quantitative estimate of drug-likeness (QED) is 0.851. The predicted molar refractivity (Wildman–Crippen MR) is 109 cm³/mol. The Morgan fingerprint density at radius 3 is 2.41 bits per heavy atom. The molecule has 27 heavy (non-hydrogen) atoms. The maximum Gasteiger partial charge on any atom is 0.228 e. The van der Waals surface area contributed by atoms with Crippen LogP contribution >= 0.6 is 0 Å². The van der Waals surface area contributed by atoms with Crippen LogP contribution in [-0.4, -0.2) is 27.8 Å². The second-order valence-electron chi connectivity index (χ2n) is 8.16. The molecule has 2 aromatic rings. The number of fused-ring (bicyclic) bond motifs is 1. The number of carbonyl (C=O) groups excluding carboxylic acids is 1. The van der Waals surface area contributed by atoms with E-state index in [2.05, 4.69) is 31.0 Å². The lowest BCUT2D eigenvalue weighted by atomic mass is 9.87. The smallest absolute Gasteiger partial charge is 0.228 e. The molecular formula is C22H28N4O. The number of nitrogens with zero attached hydrogens (tertiary/aromatic N) is 3. The molecule has 5 heteroatoms. The molecule has 0 bridgehead atoms. The largest absolute Gasteiger partial charge is 0.339 e. The molecule has 142 valence electrons. The fraction of sp³-hybridized carbons (Fsp3) is 0.500. The Morgan fingerprint density at radius 2 is 1.70 bits per heavy atom. The van der Waals surface area contributed by atoms with Crippen LogP contribution in [0, 0.1) is 5.92 Å². The van der Waals surface area contributed by atoms with Crippen molar-refractivity contribution in [2.24, 2.45) is 5.92 Å². The molecule has 3 atom stereocenters. The van der Waals surface area contributed by atoms with Gasteiger partial charge in [-0.1, -0.05) is 25.1 Å². The van der Waals surface area contributed by atoms with Gasteiger partial charge < -0.3 is 10.2 Å². The number of para-hydroxylation sites is 1. The number of anilines is 3. The van der Waals surface area contributed by atoms with Gasteiger partial charge in [-0.15, -0.1) is 0 Å². The van der Waals surface area contributed by atoms with E-state index in [4.69, 9.17) is 9.97 Å². The van der Waals surface area contributed by atoms with Crippen LogP contribution in [0.2, 0.25) is 0 Å². The summed E-state index contributed by atoms with van der Waals surface area (Å²) in [7, 11) is 0. The van der Waals surface area contributed by atoms with Gasteiger partial charge >= 0.3 is 0 Å². The van der Waals surface area contributed by atoms with E-state index in [0.29, 0.717) is 35.8 Å². The Morgan fingerprint density at radius 1 is 1.00 bits per heavy atom. The molecule has 1 aliphatic carbocycles. The van der Waals surface area contributed by atoms with Crippen molar-refractivity contribution < 1.29 is 4.79 Å². The van der Waals surface area contributed by atoms with E-state index in [1.807, 2.05) is 30.3 Å². The van der Waals surface area contributed by atoms with Crippen molar-refractivity contribution in [3.8, 4) is 0 Å². The number of hydrogen-bond donors (Lipinski definition) is 1. The Hall–Kier alpha value is -2.43. The standard InChI is InChI=1S/C22H28N4O/c1-14-12-18-20(19(27)13-14)21(23-17-10-5-4-6-11-17)25-22(24-18)26-15(2)8-7-9-16(26)3/h4-6,10-11,14-16H,7-9,12-13H2,1-3H3,(H,23,24,25). The third-order valence-corrected chi connectivity index (χ3v) is 5.79. The molecule has 3 unspecified atom stereocenters. The topological polar surface area (TPSA) is 58.1 Å². The van der Waals surface area contributed by atoms with Crippen LogP contribution in [0.4, 0.5) is 17.5 Å². The average Bonchev–Trinajstić information content (AvgIpc) is 2.61. The third-order valence-electron chi connectivity index (χ3n) is 5.79. The number of aromatic nitrogens is 2. The minimum atomic E-state index is 0.147. The van der Waals surface area contributed by atoms with Crippen molar-refractivity contribution in [2.75, 3.05) is 10.2 Å². The summed E-state index contributed by atoms with van der Waals surface area (Å²) in [6.07, 6.45) is 4.95. The third kappa shape index (κ3) is 3.55. The Labute approximate surface area is 161 Å². The molecule has 1 fully saturated rings. The van der Waals surface area contributed by atoms with Gasteiger partial charge in [0.2, 0.25) is 5.95 Å². The van der Waals surface area contributed by atoms with Crippen molar-refractivity contribution in [3.63, 3.8) is 0 Å². The molecule has 1 saturated heterocycles. The highest BCUT2D eigenvalue weighted by molar-refractivity contribution is 6.03. The van der Waals surface area contributed by atoms with Crippen molar-refractivity contribution in [2.45, 2.75) is 65.0 Å². The first-order chi connectivity index (χ1) is 13.0. The van der Waals surface area contributed by atoms with Crippen molar-refractivity contribution in [1.29, 1.82) is 0 Å². The van der Waals surface area contributed by atoms with Crippen LogP contribution in [-0.2, 0) is 6.42 Å². The molecule has 0 amide bonds. The predicted octanol–water partition coefficient (Wildman–Crippen LogP) is 4.75. The number of ketones is 1. The normalized spacial score (nSPS) is 25.2. The minimum Gasteiger partial charge on any atom is -0.339 e. The van der Waals surface area contributed by atoms with Crippen molar-refractivity contribution in [1.82, 2.24) is 9.97 Å². The summed E-state index contributed by atoms with van der Waals surface area (Å²) >= 11 is 0. The number of rotatable bonds is 3. The molecule has 5 nitrogen and oxygen atoms in total. The monoisotopic (exact) mass is 364 g/mol. The maximum absolute atomic E-state index is 12.8. The zero-order chi connectivity index (χ0) is 19.0. The van der Waals surface area contributed by atoms with E-state index in [1.54, 1.807) is 0 Å². The van der Waals surface area contributed by atoms with Crippen molar-refractivity contribution >= 4 is 23.2 Å². The summed E-state index contributed by atoms with van der Waals surface area (Å²) in [5.74, 6) is 1.89. The fourth-order valence-corrected chi connectivity index (χ4v) is 4.44. The van der Waals surface area contributed by atoms with Crippen LogP contribution in [0.15, 0.2) is 30.3 Å². The Balaban J connectivity index is 1.80. The zero-order valence-electron chi connectivity index (χ0n) is 16.4. The van der Waals surface area contributed by atoms with Gasteiger partial charge in [0, 0.05) is 24.2 Å². The van der Waals surface area contributed by atoms with E-state index in [-0.39, 0.29) is 5.78 Å². The van der Waals surface area contributed by atoms with Crippen LogP contribution < -0.4 is 10.2 Å². The highest BCUT2D eigenvalue weighted by Crippen LogP contribution is 2.34. The van der Waals surface area contributed by atoms with Gasteiger partial charge in [-0.05, 0) is 57.6 Å². The SMILES string of the molecule is CC1CC(=O)c2c(nc(N3C(C)CCCC3C)nc2Nc2ccccc2)C1. The maximum atomic E-state index is 12.8. The van der Waals surface area contributed by atoms with Gasteiger partial charge in [0.25, 0.3) is 0 Å². The number of piperidine rings is 1. The molecule has 0 radical (unpaired) electrons. The summed E-state index contributed by atoms with van der Waals surface area (Å²) < 4.78 is 0. The molecule has 1 N–H and O–H groups in total. The number of hydrogen-bond acceptors (Lipinski definition) is 5. The molecule has 1 aromatic heterocycles. The Bertz CT molecular complexity index is 826. The van der Waals surface area contributed by atoms with Crippen LogP contribution in [0.25, 0.3) is 0 Å².